The second-order valence-corrected chi connectivity index (χ2v) is 6.08. The molecule has 0 heterocycles. The second-order valence-electron chi connectivity index (χ2n) is 3.69. The van der Waals surface area contributed by atoms with Gasteiger partial charge in [-0.2, -0.15) is 8.42 Å². The lowest BCUT2D eigenvalue weighted by atomic mass is 11.3. The molecule has 0 bridgehead atoms. The quantitative estimate of drug-likeness (QED) is 0.142. The van der Waals surface area contributed by atoms with E-state index in [1.807, 2.05) is 70.5 Å². The average molecular weight is 434 g/mol. The third-order valence-corrected chi connectivity index (χ3v) is 0.632. The van der Waals surface area contributed by atoms with E-state index < -0.39 is 19.4 Å². The minimum Gasteiger partial charge on any atom is -0.368 e. The van der Waals surface area contributed by atoms with Crippen molar-refractivity contribution in [3.05, 3.63) is 0 Å². The molecule has 0 aliphatic carbocycles. The van der Waals surface area contributed by atoms with Crippen molar-refractivity contribution in [1.82, 2.24) is 26.6 Å². The predicted octanol–water partition coefficient (Wildman–Crippen LogP) is -4.00. The van der Waals surface area contributed by atoms with Gasteiger partial charge < -0.3 is 45.8 Å². The van der Waals surface area contributed by atoms with Crippen molar-refractivity contribution in [2.75, 3.05) is 77.6 Å². The van der Waals surface area contributed by atoms with Crippen molar-refractivity contribution < 1.29 is 36.3 Å². The average Bonchev–Trinajstić information content (AvgIpc) is 2.40. The Morgan fingerprint density at radius 2 is 0.654 bits per heavy atom. The summed E-state index contributed by atoms with van der Waals surface area (Å²) in [4.78, 5) is 29.3. The van der Waals surface area contributed by atoms with Gasteiger partial charge in [-0.15, -0.1) is 0 Å². The molecule has 0 spiro atoms. The molecule has 10 N–H and O–H groups in total. The molecule has 0 saturated heterocycles. The van der Waals surface area contributed by atoms with Crippen LogP contribution in [0.4, 0.5) is 0 Å². The predicted molar refractivity (Wildman–Crippen MR) is 108 cm³/mol. The van der Waals surface area contributed by atoms with Crippen LogP contribution < -0.4 is 26.6 Å². The molecule has 0 aliphatic rings. The highest BCUT2D eigenvalue weighted by atomic mass is 32.3. The third-order valence-electron chi connectivity index (χ3n) is 0.211. The molecule has 0 aromatic rings. The van der Waals surface area contributed by atoms with E-state index in [0.717, 1.165) is 7.11 Å². The molecule has 15 heteroatoms. The van der Waals surface area contributed by atoms with Gasteiger partial charge in [0.1, 0.15) is 0 Å². The van der Waals surface area contributed by atoms with Crippen LogP contribution in [-0.4, -0.2) is 119 Å². The summed E-state index contributed by atoms with van der Waals surface area (Å²) in [5.41, 5.74) is 0. The Bertz CT molecular complexity index is 252. The lowest BCUT2D eigenvalue weighted by Crippen LogP contribution is -2.33. The number of rotatable bonds is 1. The molecule has 0 amide bonds. The van der Waals surface area contributed by atoms with Crippen LogP contribution >= 0.6 is 0 Å². The summed E-state index contributed by atoms with van der Waals surface area (Å²) in [5, 5.41) is 13.8. The molecule has 0 saturated carbocycles. The normalized spacial score (nSPS) is 8.46. The van der Waals surface area contributed by atoms with Gasteiger partial charge in [0.2, 0.25) is 0 Å². The molecule has 170 valence electrons. The largest absolute Gasteiger partial charge is 0.668 e. The fraction of sp³-hybridized carbons (Fsp3) is 1.00. The van der Waals surface area contributed by atoms with E-state index in [2.05, 4.69) is 30.8 Å². The fourth-order valence-electron chi connectivity index (χ4n) is 0. The first-order valence-electron chi connectivity index (χ1n) is 6.99. The highest BCUT2D eigenvalue weighted by molar-refractivity contribution is 7.80. The smallest absolute Gasteiger partial charge is 0.368 e. The van der Waals surface area contributed by atoms with Crippen LogP contribution in [0.2, 0.25) is 0 Å². The molecular formula is C11H43N5O8SSi. The maximum atomic E-state index is 9.33. The van der Waals surface area contributed by atoms with E-state index in [9.17, 15) is 8.42 Å². The van der Waals surface area contributed by atoms with Gasteiger partial charge in [0.15, 0.2) is 0 Å². The third kappa shape index (κ3) is 1650. The summed E-state index contributed by atoms with van der Waals surface area (Å²) < 4.78 is 29.7. The maximum Gasteiger partial charge on any atom is 0.668 e. The molecule has 0 aromatic heterocycles. The van der Waals surface area contributed by atoms with E-state index in [-0.39, 0.29) is 0 Å². The molecule has 0 fully saturated rings. The van der Waals surface area contributed by atoms with Crippen LogP contribution in [0.3, 0.4) is 0 Å². The van der Waals surface area contributed by atoms with E-state index in [0.29, 0.717) is 0 Å². The lowest BCUT2D eigenvalue weighted by molar-refractivity contribution is 0.117. The van der Waals surface area contributed by atoms with Gasteiger partial charge in [0, 0.05) is 0 Å². The Kier molecular flexibility index (Phi) is 76.4. The van der Waals surface area contributed by atoms with Crippen molar-refractivity contribution in [3.8, 4) is 0 Å². The Morgan fingerprint density at radius 1 is 0.615 bits per heavy atom. The van der Waals surface area contributed by atoms with Crippen LogP contribution in [0.25, 0.3) is 0 Å². The molecular weight excluding hydrogens is 390 g/mol. The Balaban J connectivity index is -0.0000000333. The van der Waals surface area contributed by atoms with Crippen LogP contribution in [0, 0.1) is 0 Å². The molecule has 26 heavy (non-hydrogen) atoms. The highest BCUT2D eigenvalue weighted by Gasteiger charge is 2.22. The summed E-state index contributed by atoms with van der Waals surface area (Å²) >= 11 is 0. The zero-order chi connectivity index (χ0) is 23.2. The van der Waals surface area contributed by atoms with Gasteiger partial charge >= 0.3 is 19.4 Å². The standard InChI is InChI=1S/5C2H7N.CH4O4S.H4O4Si/c5*1-3-2;1-5-6(2,3)4;1-5(2,3)4/h5*3H,1-2H3;1H3,(H,2,3,4);1-4H. The SMILES string of the molecule is CNC.CNC.CNC.CNC.CNC.COS(=O)(=O)O.O[Si](O)(O)O. The van der Waals surface area contributed by atoms with Crippen molar-refractivity contribution in [2.24, 2.45) is 0 Å². The van der Waals surface area contributed by atoms with Crippen LogP contribution in [-0.2, 0) is 14.6 Å². The lowest BCUT2D eigenvalue weighted by Gasteiger charge is -1.91. The van der Waals surface area contributed by atoms with E-state index in [4.69, 9.17) is 23.7 Å². The number of nitrogens with one attached hydrogen (secondary N) is 5. The highest BCUT2D eigenvalue weighted by Crippen LogP contribution is 1.74. The van der Waals surface area contributed by atoms with Gasteiger partial charge in [-0.25, -0.2) is 0 Å². The van der Waals surface area contributed by atoms with E-state index >= 15 is 0 Å². The zero-order valence-electron chi connectivity index (χ0n) is 17.9. The van der Waals surface area contributed by atoms with Gasteiger partial charge in [-0.3, -0.25) is 8.74 Å². The van der Waals surface area contributed by atoms with Crippen molar-refractivity contribution >= 4 is 19.4 Å². The van der Waals surface area contributed by atoms with Crippen molar-refractivity contribution in [2.45, 2.75) is 0 Å². The van der Waals surface area contributed by atoms with Gasteiger partial charge in [-0.1, -0.05) is 0 Å². The monoisotopic (exact) mass is 433 g/mol. The van der Waals surface area contributed by atoms with E-state index in [1.165, 1.54) is 0 Å². The number of hydrogen-bond donors (Lipinski definition) is 10. The summed E-state index contributed by atoms with van der Waals surface area (Å²) in [6, 6.07) is 0. The summed E-state index contributed by atoms with van der Waals surface area (Å²) in [6.07, 6.45) is 0. The molecule has 0 aliphatic heterocycles. The molecule has 0 radical (unpaired) electrons. The Morgan fingerprint density at radius 3 is 0.654 bits per heavy atom. The number of hydrogen-bond acceptors (Lipinski definition) is 12. The topological polar surface area (TPSA) is 205 Å². The molecule has 0 atom stereocenters. The molecule has 13 nitrogen and oxygen atoms in total. The van der Waals surface area contributed by atoms with Crippen LogP contribution in [0.1, 0.15) is 0 Å². The zero-order valence-corrected chi connectivity index (χ0v) is 19.7. The minimum absolute atomic E-state index is 0.870. The summed E-state index contributed by atoms with van der Waals surface area (Å²) in [7, 11) is 10.8. The van der Waals surface area contributed by atoms with Gasteiger partial charge in [0.25, 0.3) is 0 Å². The molecule has 0 aromatic carbocycles. The Labute approximate surface area is 160 Å². The van der Waals surface area contributed by atoms with Crippen LogP contribution in [0.15, 0.2) is 0 Å². The first kappa shape index (κ1) is 44.9. The first-order valence-corrected chi connectivity index (χ1v) is 10.1. The van der Waals surface area contributed by atoms with E-state index in [1.54, 1.807) is 0 Å². The first-order chi connectivity index (χ1) is 11.6. The van der Waals surface area contributed by atoms with Gasteiger partial charge in [0.05, 0.1) is 7.11 Å². The van der Waals surface area contributed by atoms with Crippen LogP contribution in [0.5, 0.6) is 0 Å². The second kappa shape index (κ2) is 44.3. The molecule has 0 rings (SSSR count). The summed E-state index contributed by atoms with van der Waals surface area (Å²) in [5.74, 6) is 0. The fourth-order valence-corrected chi connectivity index (χ4v) is 0. The minimum atomic E-state index is -4.61. The Hall–Kier alpha value is -0.273. The summed E-state index contributed by atoms with van der Waals surface area (Å²) in [6.45, 7) is 0. The molecule has 0 unspecified atom stereocenters. The van der Waals surface area contributed by atoms with Gasteiger partial charge in [-0.05, 0) is 70.5 Å². The van der Waals surface area contributed by atoms with Crippen molar-refractivity contribution in [1.29, 1.82) is 0 Å². The van der Waals surface area contributed by atoms with Crippen molar-refractivity contribution in [3.63, 3.8) is 0 Å². The maximum absolute atomic E-state index is 9.33.